The van der Waals surface area contributed by atoms with Crippen LogP contribution in [0.5, 0.6) is 5.75 Å². The van der Waals surface area contributed by atoms with Crippen LogP contribution in [0.2, 0.25) is 0 Å². The van der Waals surface area contributed by atoms with Crippen molar-refractivity contribution in [3.8, 4) is 17.1 Å². The second kappa shape index (κ2) is 5.03. The lowest BCUT2D eigenvalue weighted by atomic mass is 10.2. The Bertz CT molecular complexity index is 468. The molecule has 0 saturated carbocycles. The molecule has 2 rings (SSSR count). The van der Waals surface area contributed by atoms with Crippen molar-refractivity contribution in [3.63, 3.8) is 0 Å². The summed E-state index contributed by atoms with van der Waals surface area (Å²) in [6, 6.07) is 7.81. The second-order valence-electron chi connectivity index (χ2n) is 3.32. The van der Waals surface area contributed by atoms with Crippen molar-refractivity contribution in [2.24, 2.45) is 0 Å². The number of hydrogen-bond donors (Lipinski definition) is 1. The predicted molar refractivity (Wildman–Crippen MR) is 64.7 cm³/mol. The van der Waals surface area contributed by atoms with Crippen molar-refractivity contribution in [1.82, 2.24) is 9.97 Å². The Morgan fingerprint density at radius 2 is 2.19 bits per heavy atom. The molecule has 4 heteroatoms. The summed E-state index contributed by atoms with van der Waals surface area (Å²) in [4.78, 5) is 7.44. The van der Waals surface area contributed by atoms with Gasteiger partial charge in [-0.15, -0.1) is 11.6 Å². The van der Waals surface area contributed by atoms with Crippen molar-refractivity contribution < 1.29 is 4.74 Å². The summed E-state index contributed by atoms with van der Waals surface area (Å²) in [7, 11) is 0. The molecule has 1 heterocycles. The van der Waals surface area contributed by atoms with Crippen LogP contribution in [0, 0.1) is 0 Å². The fourth-order valence-corrected chi connectivity index (χ4v) is 1.64. The van der Waals surface area contributed by atoms with Crippen molar-refractivity contribution >= 4 is 11.6 Å². The van der Waals surface area contributed by atoms with Gasteiger partial charge >= 0.3 is 0 Å². The monoisotopic (exact) mass is 236 g/mol. The summed E-state index contributed by atoms with van der Waals surface area (Å²) in [5, 5.41) is 0. The van der Waals surface area contributed by atoms with Gasteiger partial charge in [-0.05, 0) is 19.1 Å². The molecule has 1 N–H and O–H groups in total. The maximum atomic E-state index is 5.73. The van der Waals surface area contributed by atoms with E-state index in [9.17, 15) is 0 Å². The van der Waals surface area contributed by atoms with Crippen LogP contribution in [0.4, 0.5) is 0 Å². The lowest BCUT2D eigenvalue weighted by molar-refractivity contribution is 0.341. The molecule has 84 valence electrons. The molecule has 2 aromatic rings. The first-order chi connectivity index (χ1) is 7.85. The van der Waals surface area contributed by atoms with Crippen molar-refractivity contribution in [3.05, 3.63) is 36.2 Å². The first-order valence-electron chi connectivity index (χ1n) is 5.17. The summed E-state index contributed by atoms with van der Waals surface area (Å²) < 4.78 is 5.54. The molecule has 0 spiro atoms. The third-order valence-corrected chi connectivity index (χ3v) is 2.50. The number of aromatic nitrogens is 2. The molecular weight excluding hydrogens is 224 g/mol. The number of nitrogens with one attached hydrogen (secondary N) is 1. The van der Waals surface area contributed by atoms with Gasteiger partial charge in [0.25, 0.3) is 0 Å². The molecule has 0 unspecified atom stereocenters. The molecule has 1 aromatic carbocycles. The minimum absolute atomic E-state index is 0.434. The van der Waals surface area contributed by atoms with Gasteiger partial charge in [-0.3, -0.25) is 0 Å². The number of alkyl halides is 1. The fourth-order valence-electron chi connectivity index (χ4n) is 1.51. The highest BCUT2D eigenvalue weighted by Crippen LogP contribution is 2.27. The predicted octanol–water partition coefficient (Wildman–Crippen LogP) is 3.21. The number of aromatic amines is 1. The van der Waals surface area contributed by atoms with Gasteiger partial charge in [0.2, 0.25) is 0 Å². The molecule has 16 heavy (non-hydrogen) atoms. The number of H-pyrrole nitrogens is 1. The summed E-state index contributed by atoms with van der Waals surface area (Å²) in [6.07, 6.45) is 1.74. The molecule has 0 aliphatic heterocycles. The van der Waals surface area contributed by atoms with E-state index >= 15 is 0 Å². The number of ether oxygens (including phenoxy) is 1. The molecular formula is C12H13ClN2O. The Kier molecular flexibility index (Phi) is 3.47. The molecule has 0 fully saturated rings. The van der Waals surface area contributed by atoms with E-state index in [0.29, 0.717) is 12.5 Å². The molecule has 3 nitrogen and oxygen atoms in total. The van der Waals surface area contributed by atoms with E-state index in [2.05, 4.69) is 9.97 Å². The number of nitrogens with zero attached hydrogens (tertiary/aromatic N) is 1. The quantitative estimate of drug-likeness (QED) is 0.828. The minimum Gasteiger partial charge on any atom is -0.493 e. The van der Waals surface area contributed by atoms with Crippen molar-refractivity contribution in [2.45, 2.75) is 12.8 Å². The number of para-hydroxylation sites is 1. The maximum Gasteiger partial charge on any atom is 0.141 e. The van der Waals surface area contributed by atoms with E-state index in [0.717, 1.165) is 22.8 Å². The average Bonchev–Trinajstić information content (AvgIpc) is 2.79. The number of rotatable bonds is 4. The van der Waals surface area contributed by atoms with Gasteiger partial charge in [0.15, 0.2) is 0 Å². The number of halogens is 1. The third kappa shape index (κ3) is 2.19. The second-order valence-corrected chi connectivity index (χ2v) is 3.59. The Morgan fingerprint density at radius 3 is 2.88 bits per heavy atom. The highest BCUT2D eigenvalue weighted by atomic mass is 35.5. The van der Waals surface area contributed by atoms with Gasteiger partial charge in [0, 0.05) is 11.9 Å². The van der Waals surface area contributed by atoms with E-state index in [1.54, 1.807) is 6.20 Å². The van der Waals surface area contributed by atoms with Gasteiger partial charge in [0.1, 0.15) is 11.6 Å². The van der Waals surface area contributed by atoms with Gasteiger partial charge in [-0.1, -0.05) is 12.1 Å². The van der Waals surface area contributed by atoms with Crippen LogP contribution in [0.1, 0.15) is 12.6 Å². The summed E-state index contributed by atoms with van der Waals surface area (Å²) >= 11 is 5.73. The van der Waals surface area contributed by atoms with Gasteiger partial charge in [0.05, 0.1) is 18.1 Å². The third-order valence-electron chi connectivity index (χ3n) is 2.21. The standard InChI is InChI=1S/C12H13ClN2O/c1-2-16-11-6-4-3-5-10(11)12-14-8-9(7-13)15-12/h3-6,8H,2,7H2,1H3,(H,14,15). The zero-order valence-corrected chi connectivity index (χ0v) is 9.79. The Hall–Kier alpha value is -1.48. The topological polar surface area (TPSA) is 37.9 Å². The first kappa shape index (κ1) is 11.0. The highest BCUT2D eigenvalue weighted by Gasteiger charge is 2.08. The van der Waals surface area contributed by atoms with Gasteiger partial charge in [-0.25, -0.2) is 4.98 Å². The van der Waals surface area contributed by atoms with Gasteiger partial charge in [-0.2, -0.15) is 0 Å². The van der Waals surface area contributed by atoms with Crippen LogP contribution in [0.3, 0.4) is 0 Å². The lowest BCUT2D eigenvalue weighted by Crippen LogP contribution is -1.94. The van der Waals surface area contributed by atoms with E-state index in [-0.39, 0.29) is 0 Å². The van der Waals surface area contributed by atoms with Crippen LogP contribution < -0.4 is 4.74 Å². The number of hydrogen-bond acceptors (Lipinski definition) is 2. The average molecular weight is 237 g/mol. The largest absolute Gasteiger partial charge is 0.493 e. The van der Waals surface area contributed by atoms with Crippen LogP contribution in [-0.4, -0.2) is 16.6 Å². The SMILES string of the molecule is CCOc1ccccc1-c1ncc(CCl)[nH]1. The molecule has 1 aromatic heterocycles. The zero-order chi connectivity index (χ0) is 11.4. The van der Waals surface area contributed by atoms with Crippen LogP contribution in [0.25, 0.3) is 11.4 Å². The highest BCUT2D eigenvalue weighted by molar-refractivity contribution is 6.16. The minimum atomic E-state index is 0.434. The molecule has 0 aliphatic rings. The molecule has 0 saturated heterocycles. The smallest absolute Gasteiger partial charge is 0.141 e. The maximum absolute atomic E-state index is 5.73. The number of benzene rings is 1. The zero-order valence-electron chi connectivity index (χ0n) is 9.03. The van der Waals surface area contributed by atoms with E-state index in [4.69, 9.17) is 16.3 Å². The summed E-state index contributed by atoms with van der Waals surface area (Å²) in [5.41, 5.74) is 1.86. The Labute approximate surface area is 99.4 Å². The summed E-state index contributed by atoms with van der Waals surface area (Å²) in [5.74, 6) is 2.06. The van der Waals surface area contributed by atoms with Gasteiger partial charge < -0.3 is 9.72 Å². The Balaban J connectivity index is 2.38. The normalized spacial score (nSPS) is 10.4. The molecule has 0 bridgehead atoms. The van der Waals surface area contributed by atoms with E-state index in [1.807, 2.05) is 31.2 Å². The fraction of sp³-hybridized carbons (Fsp3) is 0.250. The molecule has 0 atom stereocenters. The van der Waals surface area contributed by atoms with Crippen LogP contribution in [-0.2, 0) is 5.88 Å². The van der Waals surface area contributed by atoms with Crippen LogP contribution in [0.15, 0.2) is 30.5 Å². The summed E-state index contributed by atoms with van der Waals surface area (Å²) in [6.45, 7) is 2.60. The molecule has 0 aliphatic carbocycles. The van der Waals surface area contributed by atoms with Crippen LogP contribution >= 0.6 is 11.6 Å². The molecule has 0 amide bonds. The lowest BCUT2D eigenvalue weighted by Gasteiger charge is -2.07. The van der Waals surface area contributed by atoms with Crippen molar-refractivity contribution in [2.75, 3.05) is 6.61 Å². The first-order valence-corrected chi connectivity index (χ1v) is 5.70. The molecule has 0 radical (unpaired) electrons. The number of imidazole rings is 1. The Morgan fingerprint density at radius 1 is 1.38 bits per heavy atom. The van der Waals surface area contributed by atoms with Crippen molar-refractivity contribution in [1.29, 1.82) is 0 Å². The van der Waals surface area contributed by atoms with E-state index in [1.165, 1.54) is 0 Å². The van der Waals surface area contributed by atoms with E-state index < -0.39 is 0 Å².